The zero-order valence-electron chi connectivity index (χ0n) is 12.9. The second kappa shape index (κ2) is 7.04. The Balaban J connectivity index is 2.24. The van der Waals surface area contributed by atoms with Gasteiger partial charge in [-0.2, -0.15) is 0 Å². The van der Waals surface area contributed by atoms with Crippen molar-refractivity contribution in [2.75, 3.05) is 31.5 Å². The monoisotopic (exact) mass is 309 g/mol. The third kappa shape index (κ3) is 3.63. The molecule has 2 heterocycles. The molecule has 1 aliphatic heterocycles. The maximum Gasteiger partial charge on any atom is 0.257 e. The van der Waals surface area contributed by atoms with Crippen LogP contribution in [0.4, 0.5) is 5.00 Å². The van der Waals surface area contributed by atoms with Gasteiger partial charge in [0.15, 0.2) is 0 Å². The van der Waals surface area contributed by atoms with E-state index in [0.29, 0.717) is 17.0 Å². The Morgan fingerprint density at radius 1 is 1.29 bits per heavy atom. The van der Waals surface area contributed by atoms with Gasteiger partial charge < -0.3 is 15.5 Å². The Morgan fingerprint density at radius 2 is 1.95 bits per heavy atom. The summed E-state index contributed by atoms with van der Waals surface area (Å²) in [5, 5.41) is 6.85. The summed E-state index contributed by atoms with van der Waals surface area (Å²) in [6.07, 6.45) is 1.29. The van der Waals surface area contributed by atoms with E-state index in [0.717, 1.165) is 43.0 Å². The van der Waals surface area contributed by atoms with Crippen LogP contribution in [0.1, 0.15) is 40.6 Å². The molecule has 0 radical (unpaired) electrons. The molecule has 1 aromatic heterocycles. The first-order valence-corrected chi connectivity index (χ1v) is 8.26. The molecule has 2 N–H and O–H groups in total. The highest BCUT2D eigenvalue weighted by Gasteiger charge is 2.25. The minimum Gasteiger partial charge on any atom is -0.336 e. The van der Waals surface area contributed by atoms with Gasteiger partial charge in [-0.15, -0.1) is 11.3 Å². The Labute approximate surface area is 129 Å². The van der Waals surface area contributed by atoms with E-state index in [9.17, 15) is 9.59 Å². The lowest BCUT2D eigenvalue weighted by Crippen LogP contribution is -2.46. The van der Waals surface area contributed by atoms with Gasteiger partial charge in [0, 0.05) is 37.5 Å². The Morgan fingerprint density at radius 3 is 2.57 bits per heavy atom. The largest absolute Gasteiger partial charge is 0.336 e. The summed E-state index contributed by atoms with van der Waals surface area (Å²) in [7, 11) is 0. The SMILES string of the molecule is CCCC(=O)Nc1sc(C)c(C)c1C(=O)N1CCNCC1. The molecule has 6 heteroatoms. The molecule has 0 atom stereocenters. The van der Waals surface area contributed by atoms with Crippen molar-refractivity contribution in [3.63, 3.8) is 0 Å². The number of nitrogens with one attached hydrogen (secondary N) is 2. The number of aryl methyl sites for hydroxylation is 1. The average molecular weight is 309 g/mol. The van der Waals surface area contributed by atoms with Crippen molar-refractivity contribution < 1.29 is 9.59 Å². The lowest BCUT2D eigenvalue weighted by atomic mass is 10.1. The first-order valence-electron chi connectivity index (χ1n) is 7.44. The van der Waals surface area contributed by atoms with Crippen molar-refractivity contribution in [2.45, 2.75) is 33.6 Å². The molecular formula is C15H23N3O2S. The van der Waals surface area contributed by atoms with Gasteiger partial charge in [0.05, 0.1) is 5.56 Å². The number of piperazine rings is 1. The lowest BCUT2D eigenvalue weighted by molar-refractivity contribution is -0.116. The number of anilines is 1. The minimum absolute atomic E-state index is 0.0203. The van der Waals surface area contributed by atoms with Crippen LogP contribution in [0, 0.1) is 13.8 Å². The maximum atomic E-state index is 12.7. The van der Waals surface area contributed by atoms with E-state index in [4.69, 9.17) is 0 Å². The van der Waals surface area contributed by atoms with Crippen LogP contribution in [0.2, 0.25) is 0 Å². The molecule has 0 aliphatic carbocycles. The van der Waals surface area contributed by atoms with Gasteiger partial charge in [0.1, 0.15) is 5.00 Å². The quantitative estimate of drug-likeness (QED) is 0.896. The smallest absolute Gasteiger partial charge is 0.257 e. The summed E-state index contributed by atoms with van der Waals surface area (Å²) >= 11 is 1.49. The van der Waals surface area contributed by atoms with E-state index in [1.54, 1.807) is 0 Å². The molecule has 0 saturated carbocycles. The second-order valence-corrected chi connectivity index (χ2v) is 6.55. The molecule has 0 aromatic carbocycles. The number of rotatable bonds is 4. The van der Waals surface area contributed by atoms with Crippen molar-refractivity contribution in [1.82, 2.24) is 10.2 Å². The fourth-order valence-electron chi connectivity index (χ4n) is 2.41. The zero-order valence-corrected chi connectivity index (χ0v) is 13.7. The van der Waals surface area contributed by atoms with E-state index >= 15 is 0 Å². The number of carbonyl (C=O) groups excluding carboxylic acids is 2. The van der Waals surface area contributed by atoms with Gasteiger partial charge in [-0.25, -0.2) is 0 Å². The van der Waals surface area contributed by atoms with Gasteiger partial charge in [-0.3, -0.25) is 9.59 Å². The molecule has 1 aromatic rings. The zero-order chi connectivity index (χ0) is 15.4. The second-order valence-electron chi connectivity index (χ2n) is 5.33. The standard InChI is InChI=1S/C15H23N3O2S/c1-4-5-12(19)17-14-13(10(2)11(3)21-14)15(20)18-8-6-16-7-9-18/h16H,4-9H2,1-3H3,(H,17,19). The number of thiophene rings is 1. The molecule has 1 aliphatic rings. The third-order valence-electron chi connectivity index (χ3n) is 3.73. The summed E-state index contributed by atoms with van der Waals surface area (Å²) in [6, 6.07) is 0. The normalized spacial score (nSPS) is 15.1. The lowest BCUT2D eigenvalue weighted by Gasteiger charge is -2.27. The van der Waals surface area contributed by atoms with Gasteiger partial charge in [0.25, 0.3) is 5.91 Å². The van der Waals surface area contributed by atoms with Crippen molar-refractivity contribution in [3.05, 3.63) is 16.0 Å². The number of nitrogens with zero attached hydrogens (tertiary/aromatic N) is 1. The van der Waals surface area contributed by atoms with Crippen LogP contribution in [-0.2, 0) is 4.79 Å². The molecule has 116 valence electrons. The van der Waals surface area contributed by atoms with E-state index in [-0.39, 0.29) is 11.8 Å². The minimum atomic E-state index is -0.0203. The number of amides is 2. The van der Waals surface area contributed by atoms with Crippen LogP contribution in [0.25, 0.3) is 0 Å². The van der Waals surface area contributed by atoms with Crippen LogP contribution < -0.4 is 10.6 Å². The number of hydrogen-bond donors (Lipinski definition) is 2. The van der Waals surface area contributed by atoms with Gasteiger partial charge in [-0.1, -0.05) is 6.92 Å². The topological polar surface area (TPSA) is 61.4 Å². The van der Waals surface area contributed by atoms with Crippen LogP contribution >= 0.6 is 11.3 Å². The summed E-state index contributed by atoms with van der Waals surface area (Å²) in [4.78, 5) is 27.5. The Kier molecular flexibility index (Phi) is 5.36. The van der Waals surface area contributed by atoms with E-state index < -0.39 is 0 Å². The molecule has 0 spiro atoms. The molecule has 2 amide bonds. The predicted octanol–water partition coefficient (Wildman–Crippen LogP) is 2.15. The average Bonchev–Trinajstić information content (AvgIpc) is 2.74. The maximum absolute atomic E-state index is 12.7. The highest BCUT2D eigenvalue weighted by atomic mass is 32.1. The summed E-state index contributed by atoms with van der Waals surface area (Å²) < 4.78 is 0. The van der Waals surface area contributed by atoms with E-state index in [1.165, 1.54) is 11.3 Å². The molecule has 1 fully saturated rings. The predicted molar refractivity (Wildman–Crippen MR) is 86.1 cm³/mol. The van der Waals surface area contributed by atoms with Crippen LogP contribution in [0.15, 0.2) is 0 Å². The number of carbonyl (C=O) groups is 2. The van der Waals surface area contributed by atoms with Crippen molar-refractivity contribution in [3.8, 4) is 0 Å². The van der Waals surface area contributed by atoms with Crippen molar-refractivity contribution in [2.24, 2.45) is 0 Å². The summed E-state index contributed by atoms with van der Waals surface area (Å²) in [5.74, 6) is 0.0123. The molecule has 5 nitrogen and oxygen atoms in total. The van der Waals surface area contributed by atoms with Gasteiger partial charge >= 0.3 is 0 Å². The fourth-order valence-corrected chi connectivity index (χ4v) is 3.48. The summed E-state index contributed by atoms with van der Waals surface area (Å²) in [5.41, 5.74) is 1.65. The van der Waals surface area contributed by atoms with Crippen molar-refractivity contribution >= 4 is 28.2 Å². The molecule has 1 saturated heterocycles. The van der Waals surface area contributed by atoms with Gasteiger partial charge in [0.2, 0.25) is 5.91 Å². The molecule has 21 heavy (non-hydrogen) atoms. The molecule has 0 unspecified atom stereocenters. The van der Waals surface area contributed by atoms with E-state index in [1.807, 2.05) is 25.7 Å². The highest BCUT2D eigenvalue weighted by molar-refractivity contribution is 7.16. The first kappa shape index (κ1) is 16.0. The highest BCUT2D eigenvalue weighted by Crippen LogP contribution is 2.33. The van der Waals surface area contributed by atoms with Crippen LogP contribution in [-0.4, -0.2) is 42.9 Å². The Hall–Kier alpha value is -1.40. The van der Waals surface area contributed by atoms with Crippen LogP contribution in [0.5, 0.6) is 0 Å². The van der Waals surface area contributed by atoms with Gasteiger partial charge in [-0.05, 0) is 25.8 Å². The molecule has 0 bridgehead atoms. The van der Waals surface area contributed by atoms with Crippen molar-refractivity contribution in [1.29, 1.82) is 0 Å². The third-order valence-corrected chi connectivity index (χ3v) is 4.86. The Bertz CT molecular complexity index is 533. The first-order chi connectivity index (χ1) is 10.0. The summed E-state index contributed by atoms with van der Waals surface area (Å²) in [6.45, 7) is 9.00. The number of hydrogen-bond acceptors (Lipinski definition) is 4. The fraction of sp³-hybridized carbons (Fsp3) is 0.600. The molecule has 2 rings (SSSR count). The van der Waals surface area contributed by atoms with E-state index in [2.05, 4.69) is 10.6 Å². The van der Waals surface area contributed by atoms with Crippen LogP contribution in [0.3, 0.4) is 0 Å². The molecular weight excluding hydrogens is 286 g/mol.